The van der Waals surface area contributed by atoms with Crippen LogP contribution in [-0.4, -0.2) is 17.9 Å². The van der Waals surface area contributed by atoms with E-state index in [0.717, 1.165) is 27.8 Å². The van der Waals surface area contributed by atoms with Gasteiger partial charge in [-0.15, -0.1) is 0 Å². The van der Waals surface area contributed by atoms with Crippen LogP contribution in [0.5, 0.6) is 5.75 Å². The minimum atomic E-state index is 0.501. The molecule has 0 aliphatic rings. The number of hydrogen-bond acceptors (Lipinski definition) is 2. The number of hydrogen-bond donors (Lipinski definition) is 2. The standard InChI is InChI=1S/C17H17N3O/c1-21-16-5-3-2-4-14(16)11-20-17(18)13-6-7-15-12(10-13)8-9-19-15/h2-10,19H,11H2,1H3,(H2,18,20). The van der Waals surface area contributed by atoms with Gasteiger partial charge in [0.05, 0.1) is 13.7 Å². The van der Waals surface area contributed by atoms with Crippen LogP contribution in [0.15, 0.2) is 59.7 Å². The monoisotopic (exact) mass is 279 g/mol. The van der Waals surface area contributed by atoms with Crippen molar-refractivity contribution in [3.63, 3.8) is 0 Å². The van der Waals surface area contributed by atoms with Crippen molar-refractivity contribution >= 4 is 16.7 Å². The summed E-state index contributed by atoms with van der Waals surface area (Å²) in [7, 11) is 1.66. The van der Waals surface area contributed by atoms with Crippen molar-refractivity contribution in [1.82, 2.24) is 4.98 Å². The Kier molecular flexibility index (Phi) is 3.60. The van der Waals surface area contributed by atoms with Crippen LogP contribution in [0.4, 0.5) is 0 Å². The average molecular weight is 279 g/mol. The molecular weight excluding hydrogens is 262 g/mol. The van der Waals surface area contributed by atoms with Crippen molar-refractivity contribution in [3.05, 3.63) is 65.9 Å². The Morgan fingerprint density at radius 1 is 1.19 bits per heavy atom. The molecule has 3 rings (SSSR count). The number of rotatable bonds is 4. The van der Waals surface area contributed by atoms with Crippen molar-refractivity contribution in [2.24, 2.45) is 10.7 Å². The van der Waals surface area contributed by atoms with Gasteiger partial charge >= 0.3 is 0 Å². The number of benzene rings is 2. The van der Waals surface area contributed by atoms with Gasteiger partial charge in [-0.05, 0) is 30.3 Å². The lowest BCUT2D eigenvalue weighted by atomic mass is 10.1. The SMILES string of the molecule is COc1ccccc1CN=C(N)c1ccc2[nH]ccc2c1. The van der Waals surface area contributed by atoms with Gasteiger partial charge in [0.1, 0.15) is 11.6 Å². The molecule has 21 heavy (non-hydrogen) atoms. The van der Waals surface area contributed by atoms with E-state index in [0.29, 0.717) is 12.4 Å². The van der Waals surface area contributed by atoms with E-state index < -0.39 is 0 Å². The highest BCUT2D eigenvalue weighted by Gasteiger charge is 2.03. The summed E-state index contributed by atoms with van der Waals surface area (Å²) in [5.74, 6) is 1.36. The Morgan fingerprint density at radius 2 is 2.05 bits per heavy atom. The first kappa shape index (κ1) is 13.2. The van der Waals surface area contributed by atoms with Gasteiger partial charge in [0.15, 0.2) is 0 Å². The number of fused-ring (bicyclic) bond motifs is 1. The Morgan fingerprint density at radius 3 is 2.90 bits per heavy atom. The van der Waals surface area contributed by atoms with Crippen molar-refractivity contribution in [2.75, 3.05) is 7.11 Å². The van der Waals surface area contributed by atoms with Crippen LogP contribution in [0.1, 0.15) is 11.1 Å². The van der Waals surface area contributed by atoms with E-state index in [9.17, 15) is 0 Å². The maximum absolute atomic E-state index is 6.09. The number of aromatic amines is 1. The van der Waals surface area contributed by atoms with Gasteiger partial charge in [0.25, 0.3) is 0 Å². The molecule has 0 fully saturated rings. The molecule has 3 aromatic rings. The molecule has 106 valence electrons. The number of nitrogens with two attached hydrogens (primary N) is 1. The maximum atomic E-state index is 6.09. The number of nitrogens with one attached hydrogen (secondary N) is 1. The van der Waals surface area contributed by atoms with E-state index in [4.69, 9.17) is 10.5 Å². The summed E-state index contributed by atoms with van der Waals surface area (Å²) in [5, 5.41) is 1.13. The highest BCUT2D eigenvalue weighted by Crippen LogP contribution is 2.19. The normalized spacial score (nSPS) is 11.8. The number of ether oxygens (including phenoxy) is 1. The van der Waals surface area contributed by atoms with Gasteiger partial charge in [-0.3, -0.25) is 4.99 Å². The number of aromatic nitrogens is 1. The maximum Gasteiger partial charge on any atom is 0.125 e. The average Bonchev–Trinajstić information content (AvgIpc) is 3.00. The third-order valence-electron chi connectivity index (χ3n) is 3.46. The van der Waals surface area contributed by atoms with Gasteiger partial charge in [-0.1, -0.05) is 18.2 Å². The molecule has 1 aromatic heterocycles. The van der Waals surface area contributed by atoms with Crippen molar-refractivity contribution in [2.45, 2.75) is 6.54 Å². The highest BCUT2D eigenvalue weighted by atomic mass is 16.5. The predicted octanol–water partition coefficient (Wildman–Crippen LogP) is 3.08. The van der Waals surface area contributed by atoms with Crippen LogP contribution < -0.4 is 10.5 Å². The van der Waals surface area contributed by atoms with E-state index in [1.54, 1.807) is 7.11 Å². The molecule has 4 heteroatoms. The molecule has 0 radical (unpaired) electrons. The van der Waals surface area contributed by atoms with Crippen LogP contribution in [-0.2, 0) is 6.54 Å². The van der Waals surface area contributed by atoms with Gasteiger partial charge in [-0.25, -0.2) is 0 Å². The lowest BCUT2D eigenvalue weighted by Crippen LogP contribution is -2.13. The molecule has 0 amide bonds. The molecule has 0 unspecified atom stereocenters. The summed E-state index contributed by atoms with van der Waals surface area (Å²) in [6.45, 7) is 0.501. The molecule has 0 bridgehead atoms. The summed E-state index contributed by atoms with van der Waals surface area (Å²) in [6.07, 6.45) is 1.91. The predicted molar refractivity (Wildman–Crippen MR) is 85.7 cm³/mol. The second kappa shape index (κ2) is 5.71. The molecule has 0 saturated heterocycles. The van der Waals surface area contributed by atoms with Crippen LogP contribution in [0.2, 0.25) is 0 Å². The molecule has 0 aliphatic carbocycles. The lowest BCUT2D eigenvalue weighted by Gasteiger charge is -2.06. The van der Waals surface area contributed by atoms with Gasteiger partial charge in [0, 0.05) is 28.2 Å². The van der Waals surface area contributed by atoms with Crippen LogP contribution in [0.25, 0.3) is 10.9 Å². The van der Waals surface area contributed by atoms with Gasteiger partial charge < -0.3 is 15.5 Å². The Labute approximate surface area is 123 Å². The number of para-hydroxylation sites is 1. The minimum absolute atomic E-state index is 0.501. The molecule has 0 aliphatic heterocycles. The van der Waals surface area contributed by atoms with E-state index >= 15 is 0 Å². The second-order valence-electron chi connectivity index (χ2n) is 4.79. The Bertz CT molecular complexity index is 789. The topological polar surface area (TPSA) is 63.4 Å². The van der Waals surface area contributed by atoms with Crippen molar-refractivity contribution < 1.29 is 4.74 Å². The smallest absolute Gasteiger partial charge is 0.125 e. The van der Waals surface area contributed by atoms with Crippen LogP contribution in [0, 0.1) is 0 Å². The fourth-order valence-electron chi connectivity index (χ4n) is 2.31. The summed E-state index contributed by atoms with van der Waals surface area (Å²) in [6, 6.07) is 15.9. The fraction of sp³-hybridized carbons (Fsp3) is 0.118. The second-order valence-corrected chi connectivity index (χ2v) is 4.79. The zero-order chi connectivity index (χ0) is 14.7. The first-order valence-corrected chi connectivity index (χ1v) is 6.77. The number of H-pyrrole nitrogens is 1. The zero-order valence-corrected chi connectivity index (χ0v) is 11.8. The first-order valence-electron chi connectivity index (χ1n) is 6.77. The number of nitrogens with zero attached hydrogens (tertiary/aromatic N) is 1. The molecule has 1 heterocycles. The number of aliphatic imine (C=N–C) groups is 1. The molecule has 4 nitrogen and oxygen atoms in total. The molecule has 0 saturated carbocycles. The Balaban J connectivity index is 1.85. The van der Waals surface area contributed by atoms with E-state index in [1.807, 2.05) is 54.7 Å². The minimum Gasteiger partial charge on any atom is -0.496 e. The number of amidine groups is 1. The summed E-state index contributed by atoms with van der Waals surface area (Å²) >= 11 is 0. The summed E-state index contributed by atoms with van der Waals surface area (Å²) in [4.78, 5) is 7.63. The van der Waals surface area contributed by atoms with Crippen molar-refractivity contribution in [1.29, 1.82) is 0 Å². The number of methoxy groups -OCH3 is 1. The summed E-state index contributed by atoms with van der Waals surface area (Å²) in [5.41, 5.74) is 9.13. The first-order chi connectivity index (χ1) is 10.3. The van der Waals surface area contributed by atoms with Crippen LogP contribution >= 0.6 is 0 Å². The molecule has 0 atom stereocenters. The quantitative estimate of drug-likeness (QED) is 0.569. The molecular formula is C17H17N3O. The molecule has 3 N–H and O–H groups in total. The van der Waals surface area contributed by atoms with Crippen LogP contribution in [0.3, 0.4) is 0 Å². The lowest BCUT2D eigenvalue weighted by molar-refractivity contribution is 0.410. The highest BCUT2D eigenvalue weighted by molar-refractivity contribution is 6.00. The zero-order valence-electron chi connectivity index (χ0n) is 11.8. The molecule has 2 aromatic carbocycles. The third-order valence-corrected chi connectivity index (χ3v) is 3.46. The van der Waals surface area contributed by atoms with Gasteiger partial charge in [-0.2, -0.15) is 0 Å². The van der Waals surface area contributed by atoms with Crippen molar-refractivity contribution in [3.8, 4) is 5.75 Å². The van der Waals surface area contributed by atoms with E-state index in [2.05, 4.69) is 9.98 Å². The third kappa shape index (κ3) is 2.74. The summed E-state index contributed by atoms with van der Waals surface area (Å²) < 4.78 is 5.32. The Hall–Kier alpha value is -2.75. The molecule has 0 spiro atoms. The van der Waals surface area contributed by atoms with E-state index in [1.165, 1.54) is 0 Å². The van der Waals surface area contributed by atoms with Gasteiger partial charge in [0.2, 0.25) is 0 Å². The fourth-order valence-corrected chi connectivity index (χ4v) is 2.31. The largest absolute Gasteiger partial charge is 0.496 e. The van der Waals surface area contributed by atoms with E-state index in [-0.39, 0.29) is 0 Å².